The molecule has 1 aliphatic carbocycles. The van der Waals surface area contributed by atoms with Gasteiger partial charge in [0, 0.05) is 42.0 Å². The van der Waals surface area contributed by atoms with Gasteiger partial charge in [0.25, 0.3) is 0 Å². The first-order valence-electron chi connectivity index (χ1n) is 15.7. The van der Waals surface area contributed by atoms with E-state index >= 15 is 0 Å². The fraction of sp³-hybridized carbons (Fsp3) is 0.412. The van der Waals surface area contributed by atoms with Gasteiger partial charge in [0.2, 0.25) is 5.88 Å². The van der Waals surface area contributed by atoms with Crippen molar-refractivity contribution in [3.05, 3.63) is 89.1 Å². The van der Waals surface area contributed by atoms with Crippen LogP contribution in [0.3, 0.4) is 0 Å². The summed E-state index contributed by atoms with van der Waals surface area (Å²) in [4.78, 5) is 23.9. The smallest absolute Gasteiger partial charge is 0.335 e. The highest BCUT2D eigenvalue weighted by Crippen LogP contribution is 2.39. The van der Waals surface area contributed by atoms with Gasteiger partial charge in [-0.2, -0.15) is 5.10 Å². The van der Waals surface area contributed by atoms with Crippen LogP contribution in [0.2, 0.25) is 0 Å². The molecule has 2 saturated heterocycles. The Kier molecular flexibility index (Phi) is 7.03. The van der Waals surface area contributed by atoms with E-state index in [0.717, 1.165) is 79.1 Å². The number of aromatic nitrogens is 5. The average molecular weight is 593 g/mol. The molecule has 8 rings (SSSR count). The SMILES string of the molecule is O=C(O)c1ccc2nc(CN3CCC(c4cccc(OCc5ccc6cc(C7CC7)nn6c5)n4)CC3)n(C[C@@H]3CCO3)c2c1. The van der Waals surface area contributed by atoms with E-state index in [1.807, 2.05) is 22.7 Å². The molecule has 44 heavy (non-hydrogen) atoms. The number of benzene rings is 1. The van der Waals surface area contributed by atoms with Crippen LogP contribution in [-0.2, 0) is 24.4 Å². The molecule has 0 radical (unpaired) electrons. The van der Waals surface area contributed by atoms with E-state index in [1.165, 1.54) is 18.5 Å². The van der Waals surface area contributed by atoms with Gasteiger partial charge in [0.1, 0.15) is 12.4 Å². The quantitative estimate of drug-likeness (QED) is 0.230. The van der Waals surface area contributed by atoms with Crippen molar-refractivity contribution in [2.75, 3.05) is 19.7 Å². The molecular formula is C34H36N6O4. The molecule has 6 heterocycles. The predicted octanol–water partition coefficient (Wildman–Crippen LogP) is 5.40. The second-order valence-corrected chi connectivity index (χ2v) is 12.4. The number of rotatable bonds is 10. The van der Waals surface area contributed by atoms with Crippen LogP contribution < -0.4 is 4.74 Å². The van der Waals surface area contributed by atoms with Crippen LogP contribution >= 0.6 is 0 Å². The molecule has 226 valence electrons. The number of likely N-dealkylation sites (tertiary alicyclic amines) is 1. The Balaban J connectivity index is 0.909. The van der Waals surface area contributed by atoms with Crippen molar-refractivity contribution in [1.29, 1.82) is 0 Å². The lowest BCUT2D eigenvalue weighted by molar-refractivity contribution is -0.0592. The summed E-state index contributed by atoms with van der Waals surface area (Å²) < 4.78 is 16.0. The Labute approximate surface area is 255 Å². The average Bonchev–Trinajstić information content (AvgIpc) is 3.70. The third-order valence-corrected chi connectivity index (χ3v) is 9.29. The summed E-state index contributed by atoms with van der Waals surface area (Å²) in [5, 5.41) is 14.3. The molecular weight excluding hydrogens is 556 g/mol. The van der Waals surface area contributed by atoms with Crippen molar-refractivity contribution >= 4 is 22.5 Å². The number of carboxylic acids is 1. The summed E-state index contributed by atoms with van der Waals surface area (Å²) in [5.74, 6) is 1.69. The third-order valence-electron chi connectivity index (χ3n) is 9.29. The van der Waals surface area contributed by atoms with E-state index in [2.05, 4.69) is 39.9 Å². The fourth-order valence-electron chi connectivity index (χ4n) is 6.46. The highest BCUT2D eigenvalue weighted by molar-refractivity contribution is 5.92. The first kappa shape index (κ1) is 27.3. The summed E-state index contributed by atoms with van der Waals surface area (Å²) in [6, 6.07) is 17.7. The molecule has 1 atom stereocenters. The zero-order valence-corrected chi connectivity index (χ0v) is 24.6. The lowest BCUT2D eigenvalue weighted by Gasteiger charge is -2.32. The van der Waals surface area contributed by atoms with Crippen LogP contribution in [0.4, 0.5) is 0 Å². The number of piperidine rings is 1. The van der Waals surface area contributed by atoms with Gasteiger partial charge in [-0.05, 0) is 81.6 Å². The minimum atomic E-state index is -0.927. The van der Waals surface area contributed by atoms with Gasteiger partial charge in [0.15, 0.2) is 0 Å². The number of aromatic carboxylic acids is 1. The molecule has 3 fully saturated rings. The van der Waals surface area contributed by atoms with E-state index in [0.29, 0.717) is 30.9 Å². The summed E-state index contributed by atoms with van der Waals surface area (Å²) in [7, 11) is 0. The normalized spacial score (nSPS) is 19.4. The monoisotopic (exact) mass is 592 g/mol. The molecule has 4 aromatic heterocycles. The molecule has 0 amide bonds. The maximum absolute atomic E-state index is 11.6. The van der Waals surface area contributed by atoms with Crippen molar-refractivity contribution in [3.8, 4) is 5.88 Å². The first-order valence-corrected chi connectivity index (χ1v) is 15.7. The number of carboxylic acid groups (broad SMARTS) is 1. The zero-order chi connectivity index (χ0) is 29.6. The van der Waals surface area contributed by atoms with Crippen LogP contribution in [0.15, 0.2) is 60.8 Å². The van der Waals surface area contributed by atoms with Crippen LogP contribution in [0.5, 0.6) is 5.88 Å². The topological polar surface area (TPSA) is 107 Å². The van der Waals surface area contributed by atoms with E-state index < -0.39 is 5.97 Å². The van der Waals surface area contributed by atoms with Gasteiger partial charge in [-0.3, -0.25) is 4.90 Å². The number of pyridine rings is 2. The second kappa shape index (κ2) is 11.3. The maximum Gasteiger partial charge on any atom is 0.335 e. The van der Waals surface area contributed by atoms with Crippen LogP contribution in [0.25, 0.3) is 16.6 Å². The minimum absolute atomic E-state index is 0.152. The van der Waals surface area contributed by atoms with Gasteiger partial charge < -0.3 is 19.1 Å². The van der Waals surface area contributed by atoms with E-state index in [1.54, 1.807) is 12.1 Å². The predicted molar refractivity (Wildman–Crippen MR) is 164 cm³/mol. The van der Waals surface area contributed by atoms with Crippen molar-refractivity contribution in [1.82, 2.24) is 29.0 Å². The second-order valence-electron chi connectivity index (χ2n) is 12.4. The standard InChI is InChI=1S/C34H36N6O4/c41-34(42)25-7-9-29-31(16-25)39(19-27-12-15-43-27)32(35-29)20-38-13-10-24(11-14-38)28-2-1-3-33(36-28)44-21-22-4-8-26-17-30(23-5-6-23)37-40(26)18-22/h1-4,7-9,16-18,23-24,27H,5-6,10-15,19-21H2,(H,41,42)/t27-/m0/s1. The van der Waals surface area contributed by atoms with E-state index in [9.17, 15) is 9.90 Å². The van der Waals surface area contributed by atoms with Crippen molar-refractivity contribution in [2.24, 2.45) is 0 Å². The number of imidazole rings is 1. The number of fused-ring (bicyclic) bond motifs is 2. The highest BCUT2D eigenvalue weighted by atomic mass is 16.5. The summed E-state index contributed by atoms with van der Waals surface area (Å²) >= 11 is 0. The molecule has 10 nitrogen and oxygen atoms in total. The summed E-state index contributed by atoms with van der Waals surface area (Å²) in [6.45, 7) is 4.52. The van der Waals surface area contributed by atoms with Gasteiger partial charge in [-0.15, -0.1) is 0 Å². The Hall–Kier alpha value is -4.28. The highest BCUT2D eigenvalue weighted by Gasteiger charge is 2.27. The Morgan fingerprint density at radius 3 is 2.57 bits per heavy atom. The van der Waals surface area contributed by atoms with Crippen LogP contribution in [0.1, 0.15) is 77.1 Å². The lowest BCUT2D eigenvalue weighted by atomic mass is 9.93. The first-order chi connectivity index (χ1) is 21.6. The van der Waals surface area contributed by atoms with E-state index in [-0.39, 0.29) is 11.7 Å². The fourth-order valence-corrected chi connectivity index (χ4v) is 6.46. The molecule has 0 spiro atoms. The zero-order valence-electron chi connectivity index (χ0n) is 24.6. The summed E-state index contributed by atoms with van der Waals surface area (Å²) in [6.07, 6.45) is 7.72. The molecule has 1 saturated carbocycles. The Bertz CT molecular complexity index is 1830. The van der Waals surface area contributed by atoms with Crippen LogP contribution in [-0.4, -0.2) is 65.9 Å². The summed E-state index contributed by atoms with van der Waals surface area (Å²) in [5.41, 5.74) is 6.43. The van der Waals surface area contributed by atoms with Gasteiger partial charge in [-0.1, -0.05) is 12.1 Å². The number of carbonyl (C=O) groups is 1. The molecule has 1 N–H and O–H groups in total. The Morgan fingerprint density at radius 2 is 1.80 bits per heavy atom. The molecule has 1 aromatic carbocycles. The van der Waals surface area contributed by atoms with Crippen LogP contribution in [0, 0.1) is 0 Å². The van der Waals surface area contributed by atoms with Crippen molar-refractivity contribution in [2.45, 2.75) is 69.7 Å². The number of ether oxygens (including phenoxy) is 2. The van der Waals surface area contributed by atoms with Crippen molar-refractivity contribution in [3.63, 3.8) is 0 Å². The molecule has 5 aromatic rings. The van der Waals surface area contributed by atoms with Gasteiger partial charge in [0.05, 0.1) is 47.0 Å². The molecule has 10 heteroatoms. The largest absolute Gasteiger partial charge is 0.478 e. The Morgan fingerprint density at radius 1 is 0.955 bits per heavy atom. The maximum atomic E-state index is 11.6. The molecule has 0 bridgehead atoms. The number of hydrogen-bond acceptors (Lipinski definition) is 7. The van der Waals surface area contributed by atoms with Gasteiger partial charge >= 0.3 is 5.97 Å². The lowest BCUT2D eigenvalue weighted by Crippen LogP contribution is -2.35. The molecule has 0 unspecified atom stereocenters. The van der Waals surface area contributed by atoms with Gasteiger partial charge in [-0.25, -0.2) is 19.3 Å². The minimum Gasteiger partial charge on any atom is -0.478 e. The molecule has 2 aliphatic heterocycles. The number of hydrogen-bond donors (Lipinski definition) is 1. The third kappa shape index (κ3) is 5.55. The van der Waals surface area contributed by atoms with Crippen molar-refractivity contribution < 1.29 is 19.4 Å². The van der Waals surface area contributed by atoms with E-state index in [4.69, 9.17) is 24.5 Å². The molecule has 3 aliphatic rings. The number of nitrogens with zero attached hydrogens (tertiary/aromatic N) is 6.